The van der Waals surface area contributed by atoms with Crippen LogP contribution in [0.1, 0.15) is 65.2 Å². The number of hydrogen-bond acceptors (Lipinski definition) is 3. The van der Waals surface area contributed by atoms with Crippen LogP contribution in [0.4, 0.5) is 4.20 Å². The second-order valence-corrected chi connectivity index (χ2v) is 6.54. The van der Waals surface area contributed by atoms with E-state index >= 15 is 0 Å². The third-order valence-electron chi connectivity index (χ3n) is 2.78. The average Bonchev–Trinajstić information content (AvgIpc) is 2.26. The van der Waals surface area contributed by atoms with Crippen molar-refractivity contribution in [3.8, 4) is 0 Å². The van der Waals surface area contributed by atoms with Crippen LogP contribution < -0.4 is 0 Å². The largest absolute Gasteiger partial charge is 0.367 e. The number of carbonyl (C=O) groups excluding carboxylic acids is 1. The number of ketones is 1. The number of carbonyl (C=O) groups is 1. The van der Waals surface area contributed by atoms with Crippen LogP contribution >= 0.6 is 7.68 Å². The van der Waals surface area contributed by atoms with Gasteiger partial charge in [-0.3, -0.25) is 4.57 Å². The van der Waals surface area contributed by atoms with Gasteiger partial charge in [0.2, 0.25) is 0 Å². The Bertz CT molecular complexity index is 269. The van der Waals surface area contributed by atoms with Gasteiger partial charge in [0.05, 0.1) is 12.8 Å². The molecule has 0 N–H and O–H groups in total. The summed E-state index contributed by atoms with van der Waals surface area (Å²) in [4.78, 5) is 10.7. The molecule has 108 valence electrons. The van der Waals surface area contributed by atoms with E-state index in [1.165, 1.54) is 0 Å². The minimum absolute atomic E-state index is 0.0468. The van der Waals surface area contributed by atoms with Crippen LogP contribution in [-0.4, -0.2) is 18.6 Å². The number of Topliss-reactive ketones (excluding diaryl/α,β-unsaturated/α-hetero) is 1. The van der Waals surface area contributed by atoms with Crippen molar-refractivity contribution >= 4 is 13.5 Å². The highest BCUT2D eigenvalue weighted by atomic mass is 31.2. The Morgan fingerprint density at radius 3 is 2.06 bits per heavy atom. The summed E-state index contributed by atoms with van der Waals surface area (Å²) in [7, 11) is -3.81. The Morgan fingerprint density at radius 1 is 1.06 bits per heavy atom. The van der Waals surface area contributed by atoms with E-state index in [1.807, 2.05) is 0 Å². The summed E-state index contributed by atoms with van der Waals surface area (Å²) in [6.45, 7) is 3.44. The molecule has 1 unspecified atom stereocenters. The highest BCUT2D eigenvalue weighted by Crippen LogP contribution is 2.49. The van der Waals surface area contributed by atoms with Crippen molar-refractivity contribution in [2.45, 2.75) is 65.2 Å². The molecule has 0 aliphatic rings. The van der Waals surface area contributed by atoms with Crippen molar-refractivity contribution in [3.05, 3.63) is 0 Å². The molecule has 0 spiro atoms. The van der Waals surface area contributed by atoms with Crippen LogP contribution in [0.25, 0.3) is 0 Å². The fourth-order valence-corrected chi connectivity index (χ4v) is 2.93. The average molecular weight is 280 g/mol. The Kier molecular flexibility index (Phi) is 10.6. The molecule has 0 bridgehead atoms. The molecule has 0 saturated carbocycles. The summed E-state index contributed by atoms with van der Waals surface area (Å²) in [5.74, 6) is 0.254. The molecule has 3 nitrogen and oxygen atoms in total. The van der Waals surface area contributed by atoms with Gasteiger partial charge in [-0.05, 0) is 26.7 Å². The Balaban J connectivity index is 3.26. The summed E-state index contributed by atoms with van der Waals surface area (Å²) < 4.78 is 28.8. The second kappa shape index (κ2) is 10.7. The molecule has 0 aliphatic heterocycles. The van der Waals surface area contributed by atoms with Gasteiger partial charge in [-0.1, -0.05) is 32.1 Å². The lowest BCUT2D eigenvalue weighted by atomic mass is 10.1. The highest BCUT2D eigenvalue weighted by Gasteiger charge is 2.19. The molecule has 0 amide bonds. The van der Waals surface area contributed by atoms with E-state index in [0.717, 1.165) is 38.5 Å². The van der Waals surface area contributed by atoms with E-state index in [-0.39, 0.29) is 18.6 Å². The van der Waals surface area contributed by atoms with Crippen molar-refractivity contribution in [1.82, 2.24) is 0 Å². The molecular formula is C13H26FO3P. The van der Waals surface area contributed by atoms with Gasteiger partial charge in [0.15, 0.2) is 0 Å². The summed E-state index contributed by atoms with van der Waals surface area (Å²) in [6, 6.07) is 0. The van der Waals surface area contributed by atoms with Gasteiger partial charge in [0.25, 0.3) is 0 Å². The maximum absolute atomic E-state index is 13.1. The fraction of sp³-hybridized carbons (Fsp3) is 0.923. The lowest BCUT2D eigenvalue weighted by Gasteiger charge is -2.07. The van der Waals surface area contributed by atoms with Crippen molar-refractivity contribution in [2.24, 2.45) is 0 Å². The lowest BCUT2D eigenvalue weighted by Crippen LogP contribution is -1.92. The first kappa shape index (κ1) is 17.8. The quantitative estimate of drug-likeness (QED) is 0.377. The number of hydrogen-bond donors (Lipinski definition) is 0. The summed E-state index contributed by atoms with van der Waals surface area (Å²) in [5, 5.41) is 0. The topological polar surface area (TPSA) is 43.4 Å². The van der Waals surface area contributed by atoms with Gasteiger partial charge < -0.3 is 9.32 Å². The van der Waals surface area contributed by atoms with Gasteiger partial charge in [-0.2, -0.15) is 4.20 Å². The van der Waals surface area contributed by atoms with E-state index in [2.05, 4.69) is 4.52 Å². The normalized spacial score (nSPS) is 14.4. The van der Waals surface area contributed by atoms with Gasteiger partial charge >= 0.3 is 7.68 Å². The first-order chi connectivity index (χ1) is 8.48. The molecule has 0 aliphatic carbocycles. The van der Waals surface area contributed by atoms with Crippen molar-refractivity contribution < 1.29 is 18.1 Å². The molecule has 18 heavy (non-hydrogen) atoms. The second-order valence-electron chi connectivity index (χ2n) is 4.66. The highest BCUT2D eigenvalue weighted by molar-refractivity contribution is 7.53. The zero-order valence-corrected chi connectivity index (χ0v) is 12.5. The molecule has 0 aromatic carbocycles. The lowest BCUT2D eigenvalue weighted by molar-refractivity contribution is -0.117. The van der Waals surface area contributed by atoms with Gasteiger partial charge in [-0.15, -0.1) is 0 Å². The van der Waals surface area contributed by atoms with Gasteiger partial charge in [0.1, 0.15) is 5.78 Å². The first-order valence-corrected chi connectivity index (χ1v) is 8.60. The van der Waals surface area contributed by atoms with Crippen LogP contribution in [0.5, 0.6) is 0 Å². The molecule has 0 heterocycles. The van der Waals surface area contributed by atoms with E-state index in [0.29, 0.717) is 12.8 Å². The van der Waals surface area contributed by atoms with Crippen molar-refractivity contribution in [1.29, 1.82) is 0 Å². The van der Waals surface area contributed by atoms with Crippen LogP contribution in [0.3, 0.4) is 0 Å². The molecule has 0 radical (unpaired) electrons. The molecule has 5 heteroatoms. The molecular weight excluding hydrogens is 254 g/mol. The Morgan fingerprint density at radius 2 is 1.56 bits per heavy atom. The monoisotopic (exact) mass is 280 g/mol. The number of rotatable bonds is 12. The summed E-state index contributed by atoms with van der Waals surface area (Å²) in [5.41, 5.74) is 0. The van der Waals surface area contributed by atoms with E-state index in [1.54, 1.807) is 13.8 Å². The van der Waals surface area contributed by atoms with Crippen LogP contribution in [0.15, 0.2) is 0 Å². The minimum atomic E-state index is -3.81. The van der Waals surface area contributed by atoms with Crippen LogP contribution in [0, 0.1) is 0 Å². The van der Waals surface area contributed by atoms with Crippen molar-refractivity contribution in [3.63, 3.8) is 0 Å². The number of unbranched alkanes of at least 4 members (excludes halogenated alkanes) is 6. The molecule has 0 aromatic rings. The minimum Gasteiger partial charge on any atom is -0.306 e. The predicted molar refractivity (Wildman–Crippen MR) is 72.8 cm³/mol. The van der Waals surface area contributed by atoms with Gasteiger partial charge in [0, 0.05) is 6.42 Å². The molecule has 1 atom stereocenters. The smallest absolute Gasteiger partial charge is 0.306 e. The van der Waals surface area contributed by atoms with E-state index < -0.39 is 7.68 Å². The van der Waals surface area contributed by atoms with Crippen LogP contribution in [-0.2, 0) is 13.9 Å². The van der Waals surface area contributed by atoms with E-state index in [4.69, 9.17) is 0 Å². The van der Waals surface area contributed by atoms with Gasteiger partial charge in [-0.25, -0.2) is 0 Å². The maximum Gasteiger partial charge on any atom is 0.367 e. The Hall–Kier alpha value is -0.210. The standard InChI is InChI=1S/C13H26FO3P/c1-3-17-18(14,16)12-10-8-6-4-5-7-9-11-13(2)15/h3-12H2,1-2H3. The van der Waals surface area contributed by atoms with Crippen molar-refractivity contribution in [2.75, 3.05) is 12.8 Å². The zero-order chi connectivity index (χ0) is 13.9. The number of halogens is 1. The molecule has 0 fully saturated rings. The van der Waals surface area contributed by atoms with E-state index in [9.17, 15) is 13.6 Å². The maximum atomic E-state index is 13.1. The summed E-state index contributed by atoms with van der Waals surface area (Å²) >= 11 is 0. The van der Waals surface area contributed by atoms with Crippen LogP contribution in [0.2, 0.25) is 0 Å². The third-order valence-corrected chi connectivity index (χ3v) is 4.27. The zero-order valence-electron chi connectivity index (χ0n) is 11.6. The first-order valence-electron chi connectivity index (χ1n) is 6.90. The fourth-order valence-electron chi connectivity index (χ4n) is 1.82. The third kappa shape index (κ3) is 12.3. The Labute approximate surface area is 110 Å². The molecule has 0 saturated heterocycles. The SMILES string of the molecule is CCOP(=O)(F)CCCCCCCCCC(C)=O. The molecule has 0 rings (SSSR count). The summed E-state index contributed by atoms with van der Waals surface area (Å²) in [6.07, 6.45) is 7.56. The predicted octanol–water partition coefficient (Wildman–Crippen LogP) is 4.90. The molecule has 0 aromatic heterocycles.